The molecule has 0 saturated carbocycles. The van der Waals surface area contributed by atoms with Crippen LogP contribution >= 0.6 is 0 Å². The SMILES string of the molecule is CCN(CC(=O)OC)c1ncc(C)cc1N. The van der Waals surface area contributed by atoms with E-state index in [9.17, 15) is 4.79 Å². The van der Waals surface area contributed by atoms with Crippen LogP contribution in [0.25, 0.3) is 0 Å². The summed E-state index contributed by atoms with van der Waals surface area (Å²) < 4.78 is 4.62. The molecule has 0 amide bonds. The van der Waals surface area contributed by atoms with Crippen molar-refractivity contribution in [3.05, 3.63) is 17.8 Å². The highest BCUT2D eigenvalue weighted by Gasteiger charge is 2.13. The maximum Gasteiger partial charge on any atom is 0.325 e. The van der Waals surface area contributed by atoms with Crippen LogP contribution in [0.3, 0.4) is 0 Å². The van der Waals surface area contributed by atoms with Gasteiger partial charge < -0.3 is 15.4 Å². The average Bonchev–Trinajstić information content (AvgIpc) is 2.26. The van der Waals surface area contributed by atoms with Gasteiger partial charge in [-0.15, -0.1) is 0 Å². The molecule has 0 aliphatic rings. The predicted octanol–water partition coefficient (Wildman–Crippen LogP) is 0.972. The smallest absolute Gasteiger partial charge is 0.325 e. The van der Waals surface area contributed by atoms with E-state index in [1.807, 2.05) is 19.9 Å². The molecule has 5 heteroatoms. The summed E-state index contributed by atoms with van der Waals surface area (Å²) in [6.45, 7) is 4.66. The molecule has 0 aromatic carbocycles. The van der Waals surface area contributed by atoms with Crippen molar-refractivity contribution in [2.75, 3.05) is 30.8 Å². The van der Waals surface area contributed by atoms with E-state index in [4.69, 9.17) is 5.73 Å². The first-order valence-electron chi connectivity index (χ1n) is 5.12. The summed E-state index contributed by atoms with van der Waals surface area (Å²) in [7, 11) is 1.36. The van der Waals surface area contributed by atoms with Crippen LogP contribution in [-0.4, -0.2) is 31.2 Å². The Balaban J connectivity index is 2.90. The molecule has 0 spiro atoms. The molecule has 1 heterocycles. The fraction of sp³-hybridized carbons (Fsp3) is 0.455. The molecule has 0 aliphatic heterocycles. The minimum Gasteiger partial charge on any atom is -0.468 e. The number of ether oxygens (including phenoxy) is 1. The molecule has 0 fully saturated rings. The summed E-state index contributed by atoms with van der Waals surface area (Å²) >= 11 is 0. The Labute approximate surface area is 95.2 Å². The van der Waals surface area contributed by atoms with Crippen molar-refractivity contribution in [2.45, 2.75) is 13.8 Å². The summed E-state index contributed by atoms with van der Waals surface area (Å²) in [6.07, 6.45) is 1.73. The van der Waals surface area contributed by atoms with Gasteiger partial charge in [0, 0.05) is 12.7 Å². The standard InChI is InChI=1S/C11H17N3O2/c1-4-14(7-10(15)16-3)11-9(12)5-8(2)6-13-11/h5-6H,4,7,12H2,1-3H3. The van der Waals surface area contributed by atoms with Gasteiger partial charge in [0.15, 0.2) is 5.82 Å². The number of hydrogen-bond donors (Lipinski definition) is 1. The zero-order valence-corrected chi connectivity index (χ0v) is 9.86. The highest BCUT2D eigenvalue weighted by atomic mass is 16.5. The number of nitrogen functional groups attached to an aromatic ring is 1. The minimum absolute atomic E-state index is 0.160. The van der Waals surface area contributed by atoms with Crippen LogP contribution in [0.1, 0.15) is 12.5 Å². The van der Waals surface area contributed by atoms with Crippen LogP contribution in [0.2, 0.25) is 0 Å². The van der Waals surface area contributed by atoms with Gasteiger partial charge >= 0.3 is 5.97 Å². The van der Waals surface area contributed by atoms with E-state index in [0.717, 1.165) is 5.56 Å². The third kappa shape index (κ3) is 2.85. The first-order chi connectivity index (χ1) is 7.58. The largest absolute Gasteiger partial charge is 0.468 e. The van der Waals surface area contributed by atoms with Crippen molar-refractivity contribution >= 4 is 17.5 Å². The number of aromatic nitrogens is 1. The molecule has 0 bridgehead atoms. The Morgan fingerprint density at radius 2 is 2.31 bits per heavy atom. The van der Waals surface area contributed by atoms with Crippen molar-refractivity contribution in [1.82, 2.24) is 4.98 Å². The number of nitrogens with two attached hydrogens (primary N) is 1. The highest BCUT2D eigenvalue weighted by Crippen LogP contribution is 2.20. The van der Waals surface area contributed by atoms with Crippen LogP contribution in [0.4, 0.5) is 11.5 Å². The number of methoxy groups -OCH3 is 1. The summed E-state index contributed by atoms with van der Waals surface area (Å²) in [4.78, 5) is 17.2. The van der Waals surface area contributed by atoms with E-state index in [0.29, 0.717) is 18.1 Å². The zero-order valence-electron chi connectivity index (χ0n) is 9.86. The molecule has 1 aromatic rings. The van der Waals surface area contributed by atoms with Gasteiger partial charge in [0.05, 0.1) is 12.8 Å². The molecule has 0 radical (unpaired) electrons. The molecule has 0 unspecified atom stereocenters. The van der Waals surface area contributed by atoms with Crippen molar-refractivity contribution in [3.8, 4) is 0 Å². The predicted molar refractivity (Wildman–Crippen MR) is 63.3 cm³/mol. The maximum absolute atomic E-state index is 11.2. The monoisotopic (exact) mass is 223 g/mol. The highest BCUT2D eigenvalue weighted by molar-refractivity contribution is 5.77. The fourth-order valence-electron chi connectivity index (χ4n) is 1.41. The van der Waals surface area contributed by atoms with Gasteiger partial charge in [-0.05, 0) is 25.5 Å². The molecule has 0 atom stereocenters. The molecular formula is C11H17N3O2. The number of anilines is 2. The first kappa shape index (κ1) is 12.3. The Hall–Kier alpha value is -1.78. The number of pyridine rings is 1. The van der Waals surface area contributed by atoms with Gasteiger partial charge in [-0.1, -0.05) is 0 Å². The van der Waals surface area contributed by atoms with Crippen molar-refractivity contribution in [3.63, 3.8) is 0 Å². The molecule has 88 valence electrons. The second kappa shape index (κ2) is 5.34. The number of aryl methyl sites for hydroxylation is 1. The molecule has 1 aromatic heterocycles. The molecule has 1 rings (SSSR count). The number of carbonyl (C=O) groups is 1. The molecule has 5 nitrogen and oxygen atoms in total. The molecule has 0 aliphatic carbocycles. The van der Waals surface area contributed by atoms with Crippen LogP contribution in [-0.2, 0) is 9.53 Å². The lowest BCUT2D eigenvalue weighted by Gasteiger charge is -2.21. The van der Waals surface area contributed by atoms with Crippen LogP contribution in [0, 0.1) is 6.92 Å². The number of carbonyl (C=O) groups excluding carboxylic acids is 1. The van der Waals surface area contributed by atoms with Crippen molar-refractivity contribution in [2.24, 2.45) is 0 Å². The lowest BCUT2D eigenvalue weighted by atomic mass is 10.2. The molecule has 0 saturated heterocycles. The average molecular weight is 223 g/mol. The molecule has 16 heavy (non-hydrogen) atoms. The van der Waals surface area contributed by atoms with E-state index in [-0.39, 0.29) is 12.5 Å². The van der Waals surface area contributed by atoms with E-state index >= 15 is 0 Å². The number of likely N-dealkylation sites (N-methyl/N-ethyl adjacent to an activating group) is 1. The second-order valence-electron chi connectivity index (χ2n) is 3.52. The molecule has 2 N–H and O–H groups in total. The number of nitrogens with zero attached hydrogens (tertiary/aromatic N) is 2. The van der Waals surface area contributed by atoms with Crippen LogP contribution in [0.15, 0.2) is 12.3 Å². The maximum atomic E-state index is 11.2. The van der Waals surface area contributed by atoms with Crippen LogP contribution in [0.5, 0.6) is 0 Å². The number of hydrogen-bond acceptors (Lipinski definition) is 5. The lowest BCUT2D eigenvalue weighted by molar-refractivity contribution is -0.138. The summed E-state index contributed by atoms with van der Waals surface area (Å²) in [5.74, 6) is 0.321. The topological polar surface area (TPSA) is 68.5 Å². The zero-order chi connectivity index (χ0) is 12.1. The summed E-state index contributed by atoms with van der Waals surface area (Å²) in [5, 5.41) is 0. The quantitative estimate of drug-likeness (QED) is 0.770. The second-order valence-corrected chi connectivity index (χ2v) is 3.52. The van der Waals surface area contributed by atoms with E-state index < -0.39 is 0 Å². The fourth-order valence-corrected chi connectivity index (χ4v) is 1.41. The van der Waals surface area contributed by atoms with Gasteiger partial charge in [0.1, 0.15) is 6.54 Å². The van der Waals surface area contributed by atoms with Crippen LogP contribution < -0.4 is 10.6 Å². The first-order valence-corrected chi connectivity index (χ1v) is 5.12. The van der Waals surface area contributed by atoms with Crippen molar-refractivity contribution < 1.29 is 9.53 Å². The third-order valence-corrected chi connectivity index (χ3v) is 2.26. The van der Waals surface area contributed by atoms with E-state index in [1.165, 1.54) is 7.11 Å². The van der Waals surface area contributed by atoms with Gasteiger partial charge in [0.25, 0.3) is 0 Å². The van der Waals surface area contributed by atoms with Gasteiger partial charge in [-0.25, -0.2) is 4.98 Å². The van der Waals surface area contributed by atoms with Crippen molar-refractivity contribution in [1.29, 1.82) is 0 Å². The summed E-state index contributed by atoms with van der Waals surface area (Å²) in [5.41, 5.74) is 7.43. The number of rotatable bonds is 4. The lowest BCUT2D eigenvalue weighted by Crippen LogP contribution is -2.31. The summed E-state index contributed by atoms with van der Waals surface area (Å²) in [6, 6.07) is 1.84. The third-order valence-electron chi connectivity index (χ3n) is 2.26. The Bertz CT molecular complexity index is 379. The normalized spacial score (nSPS) is 9.94. The Morgan fingerprint density at radius 3 is 2.81 bits per heavy atom. The minimum atomic E-state index is -0.302. The van der Waals surface area contributed by atoms with Gasteiger partial charge in [0.2, 0.25) is 0 Å². The van der Waals surface area contributed by atoms with Gasteiger partial charge in [-0.3, -0.25) is 4.79 Å². The van der Waals surface area contributed by atoms with Gasteiger partial charge in [-0.2, -0.15) is 0 Å². The van der Waals surface area contributed by atoms with E-state index in [1.54, 1.807) is 11.1 Å². The molecular weight excluding hydrogens is 206 g/mol. The Kier molecular flexibility index (Phi) is 4.10. The number of esters is 1. The van der Waals surface area contributed by atoms with E-state index in [2.05, 4.69) is 9.72 Å². The Morgan fingerprint density at radius 1 is 1.62 bits per heavy atom.